The number of pyridine rings is 1. The van der Waals surface area contributed by atoms with E-state index in [1.807, 2.05) is 73.7 Å². The second-order valence-corrected chi connectivity index (χ2v) is 7.52. The van der Waals surface area contributed by atoms with Crippen LogP contribution in [0.2, 0.25) is 0 Å². The van der Waals surface area contributed by atoms with Crippen LogP contribution in [-0.2, 0) is 0 Å². The SMILES string of the molecule is CC([N-]C=CNC1=C[N+](C)=C1)c1cccc(NC(=O)c2cncc(C3CC3)c2)c1. The minimum atomic E-state index is -0.138. The summed E-state index contributed by atoms with van der Waals surface area (Å²) in [7, 11) is 1.98. The molecule has 2 aliphatic rings. The van der Waals surface area contributed by atoms with Crippen molar-refractivity contribution in [3.8, 4) is 0 Å². The standard InChI is InChI=1S/C23H25N5O/c1-16(25-8-9-26-22-14-28(2)15-22)18-4-3-5-21(11-18)27-23(29)20-10-19(12-24-13-20)17-6-7-17/h3-5,8-17,26H,6-7H2,1-2H3,(H,27,29). The van der Waals surface area contributed by atoms with E-state index >= 15 is 0 Å². The third-order valence-electron chi connectivity index (χ3n) is 5.02. The van der Waals surface area contributed by atoms with Crippen molar-refractivity contribution in [2.45, 2.75) is 31.7 Å². The zero-order valence-electron chi connectivity index (χ0n) is 16.7. The predicted molar refractivity (Wildman–Crippen MR) is 115 cm³/mol. The molecule has 1 saturated carbocycles. The topological polar surface area (TPSA) is 71.1 Å². The van der Waals surface area contributed by atoms with Gasteiger partial charge in [-0.25, -0.2) is 4.58 Å². The molecule has 1 amide bonds. The number of amides is 1. The minimum Gasteiger partial charge on any atom is -0.683 e. The molecule has 2 aromatic rings. The van der Waals surface area contributed by atoms with E-state index in [4.69, 9.17) is 0 Å². The molecule has 1 aromatic carbocycles. The molecule has 29 heavy (non-hydrogen) atoms. The third-order valence-corrected chi connectivity index (χ3v) is 5.02. The Morgan fingerprint density at radius 2 is 2.14 bits per heavy atom. The predicted octanol–water partition coefficient (Wildman–Crippen LogP) is 4.27. The quantitative estimate of drug-likeness (QED) is 0.664. The monoisotopic (exact) mass is 387 g/mol. The van der Waals surface area contributed by atoms with Crippen LogP contribution in [0.3, 0.4) is 0 Å². The van der Waals surface area contributed by atoms with Gasteiger partial charge in [-0.05, 0) is 48.7 Å². The number of carbonyl (C=O) groups is 1. The highest BCUT2D eigenvalue weighted by Crippen LogP contribution is 2.39. The van der Waals surface area contributed by atoms with Gasteiger partial charge in [0.2, 0.25) is 0 Å². The summed E-state index contributed by atoms with van der Waals surface area (Å²) < 4.78 is 1.98. The van der Waals surface area contributed by atoms with E-state index in [0.717, 1.165) is 22.5 Å². The number of rotatable bonds is 8. The number of hydrogen-bond acceptors (Lipinski definition) is 3. The molecule has 6 heteroatoms. The molecule has 1 aromatic heterocycles. The number of nitrogens with zero attached hydrogens (tertiary/aromatic N) is 3. The Bertz CT molecular complexity index is 1000. The molecule has 0 radical (unpaired) electrons. The molecule has 0 spiro atoms. The smallest absolute Gasteiger partial charge is 0.257 e. The first-order valence-corrected chi connectivity index (χ1v) is 9.85. The Labute approximate surface area is 171 Å². The van der Waals surface area contributed by atoms with Crippen LogP contribution >= 0.6 is 0 Å². The fourth-order valence-corrected chi connectivity index (χ4v) is 3.19. The molecule has 1 atom stereocenters. The van der Waals surface area contributed by atoms with Crippen molar-refractivity contribution in [3.63, 3.8) is 0 Å². The molecular weight excluding hydrogens is 362 g/mol. The van der Waals surface area contributed by atoms with Gasteiger partial charge in [-0.1, -0.05) is 30.7 Å². The molecule has 2 N–H and O–H groups in total. The summed E-state index contributed by atoms with van der Waals surface area (Å²) in [6, 6.07) is 9.72. The summed E-state index contributed by atoms with van der Waals surface area (Å²) in [5.74, 6) is 0.434. The molecule has 1 fully saturated rings. The van der Waals surface area contributed by atoms with E-state index in [2.05, 4.69) is 20.9 Å². The Kier molecular flexibility index (Phi) is 5.42. The van der Waals surface area contributed by atoms with Gasteiger partial charge in [0.1, 0.15) is 7.05 Å². The number of benzene rings is 1. The van der Waals surface area contributed by atoms with Crippen molar-refractivity contribution < 1.29 is 9.37 Å². The number of anilines is 1. The van der Waals surface area contributed by atoms with Gasteiger partial charge in [0.25, 0.3) is 5.91 Å². The largest absolute Gasteiger partial charge is 0.683 e. The van der Waals surface area contributed by atoms with Crippen molar-refractivity contribution in [2.24, 2.45) is 0 Å². The maximum absolute atomic E-state index is 12.6. The molecule has 4 rings (SSSR count). The number of carbonyl (C=O) groups excluding carboxylic acids is 1. The van der Waals surface area contributed by atoms with Gasteiger partial charge >= 0.3 is 0 Å². The van der Waals surface area contributed by atoms with Crippen LogP contribution < -0.4 is 10.6 Å². The van der Waals surface area contributed by atoms with Crippen molar-refractivity contribution in [1.29, 1.82) is 0 Å². The van der Waals surface area contributed by atoms with Crippen LogP contribution in [0.15, 0.2) is 67.0 Å². The van der Waals surface area contributed by atoms with E-state index in [9.17, 15) is 4.79 Å². The normalized spacial score (nSPS) is 16.5. The summed E-state index contributed by atoms with van der Waals surface area (Å²) in [6.45, 7) is 2.02. The molecule has 0 bridgehead atoms. The van der Waals surface area contributed by atoms with Crippen LogP contribution in [0.4, 0.5) is 5.69 Å². The van der Waals surface area contributed by atoms with E-state index in [1.54, 1.807) is 12.4 Å². The summed E-state index contributed by atoms with van der Waals surface area (Å²) in [5.41, 5.74) is 4.59. The summed E-state index contributed by atoms with van der Waals surface area (Å²) in [5, 5.41) is 10.7. The van der Waals surface area contributed by atoms with E-state index in [-0.39, 0.29) is 11.9 Å². The first kappa shape index (κ1) is 18.9. The average molecular weight is 387 g/mol. The van der Waals surface area contributed by atoms with Crippen molar-refractivity contribution in [3.05, 3.63) is 89.0 Å². The lowest BCUT2D eigenvalue weighted by molar-refractivity contribution is -0.429. The molecule has 2 heterocycles. The number of nitrogens with one attached hydrogen (secondary N) is 2. The zero-order chi connectivity index (χ0) is 20.2. The maximum atomic E-state index is 12.6. The Balaban J connectivity index is 1.34. The molecule has 6 nitrogen and oxygen atoms in total. The highest BCUT2D eigenvalue weighted by atomic mass is 16.1. The van der Waals surface area contributed by atoms with Gasteiger partial charge in [-0.3, -0.25) is 9.78 Å². The Morgan fingerprint density at radius 3 is 2.90 bits per heavy atom. The minimum absolute atomic E-state index is 0.0215. The van der Waals surface area contributed by atoms with Crippen molar-refractivity contribution in [2.75, 3.05) is 12.4 Å². The lowest BCUT2D eigenvalue weighted by atomic mass is 10.1. The van der Waals surface area contributed by atoms with Crippen LogP contribution in [-0.4, -0.2) is 28.7 Å². The van der Waals surface area contributed by atoms with Crippen LogP contribution in [0.5, 0.6) is 0 Å². The lowest BCUT2D eigenvalue weighted by Crippen LogP contribution is -2.21. The molecule has 1 aliphatic heterocycles. The Hall–Kier alpha value is -3.41. The highest BCUT2D eigenvalue weighted by molar-refractivity contribution is 6.04. The first-order valence-electron chi connectivity index (χ1n) is 9.85. The first-order chi connectivity index (χ1) is 14.1. The van der Waals surface area contributed by atoms with E-state index < -0.39 is 0 Å². The molecule has 1 aliphatic carbocycles. The van der Waals surface area contributed by atoms with Crippen molar-refractivity contribution in [1.82, 2.24) is 10.3 Å². The number of allylic oxidation sites excluding steroid dienone is 1. The second kappa shape index (κ2) is 8.31. The molecular formula is C23H25N5O. The van der Waals surface area contributed by atoms with Gasteiger partial charge in [-0.2, -0.15) is 6.20 Å². The van der Waals surface area contributed by atoms with Gasteiger partial charge in [0, 0.05) is 18.1 Å². The van der Waals surface area contributed by atoms with Gasteiger partial charge in [-0.15, -0.1) is 0 Å². The van der Waals surface area contributed by atoms with Crippen LogP contribution in [0.1, 0.15) is 53.2 Å². The summed E-state index contributed by atoms with van der Waals surface area (Å²) in [4.78, 5) is 16.8. The zero-order valence-corrected chi connectivity index (χ0v) is 16.7. The highest BCUT2D eigenvalue weighted by Gasteiger charge is 2.24. The molecule has 0 saturated heterocycles. The molecule has 1 unspecified atom stereocenters. The van der Waals surface area contributed by atoms with E-state index in [1.165, 1.54) is 12.8 Å². The van der Waals surface area contributed by atoms with Crippen LogP contribution in [0.25, 0.3) is 5.32 Å². The van der Waals surface area contributed by atoms with Gasteiger partial charge in [0.15, 0.2) is 18.1 Å². The van der Waals surface area contributed by atoms with Crippen molar-refractivity contribution >= 4 is 17.8 Å². The second-order valence-electron chi connectivity index (χ2n) is 7.52. The number of hydrogen-bond donors (Lipinski definition) is 2. The average Bonchev–Trinajstić information content (AvgIpc) is 3.55. The van der Waals surface area contributed by atoms with Crippen LogP contribution in [0, 0.1) is 0 Å². The fraction of sp³-hybridized carbons (Fsp3) is 0.261. The number of aromatic nitrogens is 1. The summed E-state index contributed by atoms with van der Waals surface area (Å²) >= 11 is 0. The molecule has 148 valence electrons. The summed E-state index contributed by atoms with van der Waals surface area (Å²) in [6.07, 6.45) is 13.4. The van der Waals surface area contributed by atoms with Gasteiger partial charge < -0.3 is 16.0 Å². The Morgan fingerprint density at radius 1 is 1.31 bits per heavy atom. The maximum Gasteiger partial charge on any atom is 0.257 e. The van der Waals surface area contributed by atoms with Gasteiger partial charge in [0.05, 0.1) is 5.56 Å². The third kappa shape index (κ3) is 4.90. The fourth-order valence-electron chi connectivity index (χ4n) is 3.19. The van der Waals surface area contributed by atoms with E-state index in [0.29, 0.717) is 11.5 Å². The lowest BCUT2D eigenvalue weighted by Gasteiger charge is -2.26.